The molecule has 12 heteroatoms. The summed E-state index contributed by atoms with van der Waals surface area (Å²) in [6, 6.07) is 26.7. The van der Waals surface area contributed by atoms with Crippen molar-refractivity contribution in [2.45, 2.75) is 24.5 Å². The van der Waals surface area contributed by atoms with E-state index in [1.54, 1.807) is 53.6 Å². The highest BCUT2D eigenvalue weighted by Crippen LogP contribution is 2.37. The molecular formula is C38H31IN2O7S2. The van der Waals surface area contributed by atoms with Gasteiger partial charge in [-0.3, -0.25) is 9.36 Å². The first kappa shape index (κ1) is 35.2. The average Bonchev–Trinajstić information content (AvgIpc) is 3.44. The number of halogens is 1. The van der Waals surface area contributed by atoms with Crippen molar-refractivity contribution in [3.63, 3.8) is 0 Å². The van der Waals surface area contributed by atoms with Crippen LogP contribution in [0.5, 0.6) is 11.5 Å². The van der Waals surface area contributed by atoms with Gasteiger partial charge in [0, 0.05) is 10.5 Å². The van der Waals surface area contributed by atoms with Crippen LogP contribution in [0.25, 0.3) is 11.8 Å². The molecule has 0 amide bonds. The van der Waals surface area contributed by atoms with Gasteiger partial charge in [0.1, 0.15) is 6.61 Å². The molecule has 4 aromatic carbocycles. The zero-order chi connectivity index (χ0) is 35.4. The SMILES string of the molecule is CCOC(=O)C1=C(c2ccccc2)N=c2s/c(=C\c3cc(I)c(OCc4cccc(C(=O)O)c4)c(OC)c3)c(=O)n2[C@@H]1c1ccc(SC)cc1. The van der Waals surface area contributed by atoms with E-state index >= 15 is 0 Å². The monoisotopic (exact) mass is 818 g/mol. The Morgan fingerprint density at radius 1 is 1.04 bits per heavy atom. The fourth-order valence-electron chi connectivity index (χ4n) is 5.61. The van der Waals surface area contributed by atoms with Crippen LogP contribution < -0.4 is 24.4 Å². The standard InChI is InChI=1S/C38H31IN2O7S2/c1-4-47-37(45)31-32(24-10-6-5-7-11-24)40-38-41(33(31)25-13-15-27(49-3)16-14-25)35(42)30(50-38)20-23-18-28(39)34(29(19-23)46-2)48-21-22-9-8-12-26(17-22)36(43)44/h5-20,33H,4,21H2,1-3H3,(H,43,44)/b30-20-/t33-/m1/s1. The fraction of sp³-hybridized carbons (Fsp3) is 0.158. The second-order valence-electron chi connectivity index (χ2n) is 11.0. The minimum Gasteiger partial charge on any atom is -0.493 e. The van der Waals surface area contributed by atoms with Crippen LogP contribution in [0.2, 0.25) is 0 Å². The summed E-state index contributed by atoms with van der Waals surface area (Å²) in [7, 11) is 1.53. The number of esters is 1. The molecule has 254 valence electrons. The number of ether oxygens (including phenoxy) is 3. The van der Waals surface area contributed by atoms with Crippen molar-refractivity contribution in [2.75, 3.05) is 20.0 Å². The smallest absolute Gasteiger partial charge is 0.338 e. The summed E-state index contributed by atoms with van der Waals surface area (Å²) < 4.78 is 20.1. The zero-order valence-electron chi connectivity index (χ0n) is 27.2. The van der Waals surface area contributed by atoms with E-state index in [1.807, 2.05) is 66.9 Å². The lowest BCUT2D eigenvalue weighted by Crippen LogP contribution is -2.40. The molecule has 1 aromatic heterocycles. The molecular weight excluding hydrogens is 787 g/mol. The second-order valence-corrected chi connectivity index (χ2v) is 14.1. The molecule has 0 spiro atoms. The number of fused-ring (bicyclic) bond motifs is 1. The quantitative estimate of drug-likeness (QED) is 0.0908. The van der Waals surface area contributed by atoms with Crippen molar-refractivity contribution in [3.05, 3.63) is 148 Å². The maximum Gasteiger partial charge on any atom is 0.338 e. The van der Waals surface area contributed by atoms with Crippen LogP contribution in [-0.4, -0.2) is 41.6 Å². The molecule has 0 unspecified atom stereocenters. The van der Waals surface area contributed by atoms with E-state index in [0.717, 1.165) is 19.6 Å². The van der Waals surface area contributed by atoms with Crippen molar-refractivity contribution < 1.29 is 28.9 Å². The van der Waals surface area contributed by atoms with Crippen LogP contribution >= 0.6 is 45.7 Å². The molecule has 1 aliphatic rings. The number of hydrogen-bond acceptors (Lipinski definition) is 9. The van der Waals surface area contributed by atoms with Gasteiger partial charge >= 0.3 is 11.9 Å². The number of carboxylic acid groups (broad SMARTS) is 1. The third kappa shape index (κ3) is 7.28. The zero-order valence-corrected chi connectivity index (χ0v) is 31.0. The number of carbonyl (C=O) groups is 2. The number of nitrogens with zero attached hydrogens (tertiary/aromatic N) is 2. The van der Waals surface area contributed by atoms with Crippen molar-refractivity contribution in [1.82, 2.24) is 4.57 Å². The Hall–Kier alpha value is -4.66. The van der Waals surface area contributed by atoms with E-state index < -0.39 is 18.0 Å². The molecule has 6 rings (SSSR count). The minimum absolute atomic E-state index is 0.135. The van der Waals surface area contributed by atoms with Crippen LogP contribution in [0.1, 0.15) is 45.6 Å². The van der Waals surface area contributed by atoms with E-state index in [9.17, 15) is 19.5 Å². The first-order valence-electron chi connectivity index (χ1n) is 15.5. The van der Waals surface area contributed by atoms with Gasteiger partial charge in [-0.1, -0.05) is 65.9 Å². The van der Waals surface area contributed by atoms with Crippen LogP contribution in [0.15, 0.2) is 111 Å². The molecule has 2 heterocycles. The number of carboxylic acids is 1. The van der Waals surface area contributed by atoms with Crippen LogP contribution in [0, 0.1) is 3.57 Å². The van der Waals surface area contributed by atoms with Crippen molar-refractivity contribution >= 4 is 69.4 Å². The summed E-state index contributed by atoms with van der Waals surface area (Å²) in [4.78, 5) is 45.9. The Morgan fingerprint density at radius 2 is 1.80 bits per heavy atom. The maximum absolute atomic E-state index is 14.3. The summed E-state index contributed by atoms with van der Waals surface area (Å²) >= 11 is 4.99. The van der Waals surface area contributed by atoms with Gasteiger partial charge < -0.3 is 19.3 Å². The van der Waals surface area contributed by atoms with Crippen molar-refractivity contribution in [3.8, 4) is 11.5 Å². The lowest BCUT2D eigenvalue weighted by Gasteiger charge is -2.26. The van der Waals surface area contributed by atoms with E-state index in [1.165, 1.54) is 24.5 Å². The number of thiazole rings is 1. The molecule has 0 saturated heterocycles. The first-order chi connectivity index (χ1) is 24.2. The topological polar surface area (TPSA) is 116 Å². The third-order valence-corrected chi connectivity index (χ3v) is 10.4. The molecule has 1 N–H and O–H groups in total. The summed E-state index contributed by atoms with van der Waals surface area (Å²) in [6.45, 7) is 2.05. The molecule has 0 radical (unpaired) electrons. The summed E-state index contributed by atoms with van der Waals surface area (Å²) in [5.41, 5.74) is 3.52. The van der Waals surface area contributed by atoms with Crippen LogP contribution in [-0.2, 0) is 16.1 Å². The van der Waals surface area contributed by atoms with Crippen LogP contribution in [0.4, 0.5) is 0 Å². The minimum atomic E-state index is -1.01. The molecule has 0 bridgehead atoms. The molecule has 0 aliphatic carbocycles. The lowest BCUT2D eigenvalue weighted by molar-refractivity contribution is -0.138. The first-order valence-corrected chi connectivity index (χ1v) is 18.6. The number of benzene rings is 4. The average molecular weight is 819 g/mol. The third-order valence-electron chi connectivity index (χ3n) is 7.91. The molecule has 5 aromatic rings. The van der Waals surface area contributed by atoms with Crippen molar-refractivity contribution in [1.29, 1.82) is 0 Å². The van der Waals surface area contributed by atoms with Crippen LogP contribution in [0.3, 0.4) is 0 Å². The van der Waals surface area contributed by atoms with Gasteiger partial charge in [-0.2, -0.15) is 0 Å². The molecule has 1 aliphatic heterocycles. The van der Waals surface area contributed by atoms with E-state index in [0.29, 0.717) is 43.2 Å². The highest BCUT2D eigenvalue weighted by molar-refractivity contribution is 14.1. The number of methoxy groups -OCH3 is 1. The molecule has 1 atom stereocenters. The summed E-state index contributed by atoms with van der Waals surface area (Å²) in [5, 5.41) is 9.34. The number of rotatable bonds is 11. The van der Waals surface area contributed by atoms with Crippen molar-refractivity contribution in [2.24, 2.45) is 4.99 Å². The summed E-state index contributed by atoms with van der Waals surface area (Å²) in [5.74, 6) is -0.601. The number of aromatic nitrogens is 1. The van der Waals surface area contributed by atoms with Gasteiger partial charge in [0.25, 0.3) is 5.56 Å². The second kappa shape index (κ2) is 15.5. The fourth-order valence-corrected chi connectivity index (χ4v) is 7.80. The maximum atomic E-state index is 14.3. The molecule has 9 nitrogen and oxygen atoms in total. The molecule has 50 heavy (non-hydrogen) atoms. The highest BCUT2D eigenvalue weighted by Gasteiger charge is 2.35. The van der Waals surface area contributed by atoms with E-state index in [2.05, 4.69) is 22.6 Å². The van der Waals surface area contributed by atoms with Gasteiger partial charge in [0.15, 0.2) is 16.3 Å². The number of carbonyl (C=O) groups excluding carboxylic acids is 1. The Bertz CT molecular complexity index is 2300. The highest BCUT2D eigenvalue weighted by atomic mass is 127. The predicted molar refractivity (Wildman–Crippen MR) is 203 cm³/mol. The van der Waals surface area contributed by atoms with Gasteiger partial charge in [-0.15, -0.1) is 11.8 Å². The van der Waals surface area contributed by atoms with E-state index in [4.69, 9.17) is 19.2 Å². The lowest BCUT2D eigenvalue weighted by atomic mass is 9.93. The Morgan fingerprint density at radius 3 is 2.48 bits per heavy atom. The Balaban J connectivity index is 1.47. The normalized spacial score (nSPS) is 14.2. The number of hydrogen-bond donors (Lipinski definition) is 1. The van der Waals surface area contributed by atoms with Gasteiger partial charge in [0.05, 0.1) is 44.7 Å². The predicted octanol–water partition coefficient (Wildman–Crippen LogP) is 6.55. The van der Waals surface area contributed by atoms with Gasteiger partial charge in [-0.25, -0.2) is 14.6 Å². The number of aromatic carboxylic acids is 1. The molecule has 0 saturated carbocycles. The Kier molecular flexibility index (Phi) is 10.9. The largest absolute Gasteiger partial charge is 0.493 e. The van der Waals surface area contributed by atoms with Gasteiger partial charge in [0.2, 0.25) is 0 Å². The summed E-state index contributed by atoms with van der Waals surface area (Å²) in [6.07, 6.45) is 3.77. The number of thioether (sulfide) groups is 1. The van der Waals surface area contributed by atoms with Gasteiger partial charge in [-0.05, 0) is 94.9 Å². The Labute approximate surface area is 309 Å². The van der Waals surface area contributed by atoms with E-state index in [-0.39, 0.29) is 24.3 Å². The molecule has 0 fully saturated rings.